The van der Waals surface area contributed by atoms with E-state index in [9.17, 15) is 0 Å². The van der Waals surface area contributed by atoms with Crippen LogP contribution in [-0.4, -0.2) is 25.7 Å². The molecule has 0 amide bonds. The maximum Gasteiger partial charge on any atom is 0.122 e. The molecule has 3 nitrogen and oxygen atoms in total. The van der Waals surface area contributed by atoms with E-state index in [-0.39, 0.29) is 6.04 Å². The fourth-order valence-corrected chi connectivity index (χ4v) is 2.08. The maximum absolute atomic E-state index is 6.11. The van der Waals surface area contributed by atoms with E-state index in [0.717, 1.165) is 25.3 Å². The van der Waals surface area contributed by atoms with Gasteiger partial charge >= 0.3 is 0 Å². The quantitative estimate of drug-likeness (QED) is 0.804. The van der Waals surface area contributed by atoms with Crippen molar-refractivity contribution in [1.82, 2.24) is 5.32 Å². The van der Waals surface area contributed by atoms with Crippen LogP contribution in [0.15, 0.2) is 24.3 Å². The Morgan fingerprint density at radius 2 is 2.31 bits per heavy atom. The molecule has 0 saturated carbocycles. The number of ether oxygens (including phenoxy) is 1. The Hall–Kier alpha value is -1.06. The smallest absolute Gasteiger partial charge is 0.122 e. The molecule has 1 aliphatic rings. The summed E-state index contributed by atoms with van der Waals surface area (Å²) in [7, 11) is 0. The summed E-state index contributed by atoms with van der Waals surface area (Å²) in [5.74, 6) is 1.51. The molecule has 3 heteroatoms. The number of aryl methyl sites for hydroxylation is 1. The Labute approximate surface area is 97.0 Å². The Bertz CT molecular complexity index is 334. The zero-order chi connectivity index (χ0) is 11.4. The number of rotatable bonds is 4. The first-order valence-corrected chi connectivity index (χ1v) is 5.92. The fourth-order valence-electron chi connectivity index (χ4n) is 2.08. The lowest BCUT2D eigenvalue weighted by molar-refractivity contribution is 0.251. The molecule has 3 N–H and O–H groups in total. The first-order valence-electron chi connectivity index (χ1n) is 5.92. The van der Waals surface area contributed by atoms with Crippen LogP contribution in [0.3, 0.4) is 0 Å². The average Bonchev–Trinajstić information content (AvgIpc) is 2.81. The van der Waals surface area contributed by atoms with Gasteiger partial charge in [0.15, 0.2) is 0 Å². The zero-order valence-corrected chi connectivity index (χ0v) is 9.78. The van der Waals surface area contributed by atoms with Crippen LogP contribution in [0.1, 0.15) is 12.0 Å². The lowest BCUT2D eigenvalue weighted by Crippen LogP contribution is -2.37. The van der Waals surface area contributed by atoms with Crippen LogP contribution in [-0.2, 0) is 0 Å². The van der Waals surface area contributed by atoms with Gasteiger partial charge in [-0.15, -0.1) is 0 Å². The van der Waals surface area contributed by atoms with Crippen LogP contribution < -0.4 is 15.8 Å². The summed E-state index contributed by atoms with van der Waals surface area (Å²) in [4.78, 5) is 0. The van der Waals surface area contributed by atoms with Crippen molar-refractivity contribution in [2.75, 3.05) is 19.7 Å². The Morgan fingerprint density at radius 3 is 3.00 bits per heavy atom. The summed E-state index contributed by atoms with van der Waals surface area (Å²) in [5, 5.41) is 3.33. The van der Waals surface area contributed by atoms with Crippen molar-refractivity contribution in [3.05, 3.63) is 29.8 Å². The number of para-hydroxylation sites is 1. The first-order chi connectivity index (χ1) is 7.77. The lowest BCUT2D eigenvalue weighted by atomic mass is 10.0. The van der Waals surface area contributed by atoms with Crippen molar-refractivity contribution in [3.63, 3.8) is 0 Å². The molecule has 1 fully saturated rings. The second-order valence-corrected chi connectivity index (χ2v) is 4.49. The fraction of sp³-hybridized carbons (Fsp3) is 0.538. The molecular formula is C13H20N2O. The number of benzene rings is 1. The number of nitrogens with one attached hydrogen (secondary N) is 1. The summed E-state index contributed by atoms with van der Waals surface area (Å²) in [6.07, 6.45) is 1.16. The van der Waals surface area contributed by atoms with Crippen molar-refractivity contribution >= 4 is 0 Å². The standard InChI is InChI=1S/C13H20N2O/c1-10-4-2-3-5-13(10)16-9-12(14)11-6-7-15-8-11/h2-5,11-12,15H,6-9,14H2,1H3. The largest absolute Gasteiger partial charge is 0.492 e. The van der Waals surface area contributed by atoms with Gasteiger partial charge in [-0.2, -0.15) is 0 Å². The SMILES string of the molecule is Cc1ccccc1OCC(N)C1CCNC1. The monoisotopic (exact) mass is 220 g/mol. The minimum atomic E-state index is 0.134. The second kappa shape index (κ2) is 5.32. The highest BCUT2D eigenvalue weighted by molar-refractivity contribution is 5.31. The average molecular weight is 220 g/mol. The molecule has 1 aromatic carbocycles. The first kappa shape index (κ1) is 11.4. The van der Waals surface area contributed by atoms with Crippen molar-refractivity contribution in [1.29, 1.82) is 0 Å². The molecule has 0 spiro atoms. The molecule has 88 valence electrons. The summed E-state index contributed by atoms with van der Waals surface area (Å²) in [6.45, 7) is 4.77. The highest BCUT2D eigenvalue weighted by Gasteiger charge is 2.22. The molecular weight excluding hydrogens is 200 g/mol. The second-order valence-electron chi connectivity index (χ2n) is 4.49. The zero-order valence-electron chi connectivity index (χ0n) is 9.78. The highest BCUT2D eigenvalue weighted by Crippen LogP contribution is 2.18. The third kappa shape index (κ3) is 2.74. The van der Waals surface area contributed by atoms with Crippen molar-refractivity contribution in [2.24, 2.45) is 11.7 Å². The predicted molar refractivity (Wildman–Crippen MR) is 65.6 cm³/mol. The lowest BCUT2D eigenvalue weighted by Gasteiger charge is -2.19. The molecule has 2 unspecified atom stereocenters. The van der Waals surface area contributed by atoms with Crippen LogP contribution in [0.2, 0.25) is 0 Å². The van der Waals surface area contributed by atoms with E-state index in [0.29, 0.717) is 12.5 Å². The summed E-state index contributed by atoms with van der Waals surface area (Å²) >= 11 is 0. The maximum atomic E-state index is 6.11. The van der Waals surface area contributed by atoms with Crippen LogP contribution in [0.4, 0.5) is 0 Å². The van der Waals surface area contributed by atoms with E-state index in [4.69, 9.17) is 10.5 Å². The van der Waals surface area contributed by atoms with Gasteiger partial charge in [-0.25, -0.2) is 0 Å². The normalized spacial score (nSPS) is 22.0. The third-order valence-electron chi connectivity index (χ3n) is 3.23. The Balaban J connectivity index is 1.84. The van der Waals surface area contributed by atoms with Gasteiger partial charge in [0.05, 0.1) is 0 Å². The molecule has 2 rings (SSSR count). The van der Waals surface area contributed by atoms with E-state index in [2.05, 4.69) is 18.3 Å². The van der Waals surface area contributed by atoms with Gasteiger partial charge in [-0.3, -0.25) is 0 Å². The van der Waals surface area contributed by atoms with Crippen LogP contribution in [0, 0.1) is 12.8 Å². The van der Waals surface area contributed by atoms with Crippen LogP contribution >= 0.6 is 0 Å². The summed E-state index contributed by atoms with van der Waals surface area (Å²) in [6, 6.07) is 8.19. The minimum Gasteiger partial charge on any atom is -0.492 e. The molecule has 0 aliphatic carbocycles. The third-order valence-corrected chi connectivity index (χ3v) is 3.23. The van der Waals surface area contributed by atoms with Crippen molar-refractivity contribution in [2.45, 2.75) is 19.4 Å². The number of nitrogens with two attached hydrogens (primary N) is 1. The Morgan fingerprint density at radius 1 is 1.50 bits per heavy atom. The van der Waals surface area contributed by atoms with Gasteiger partial charge in [0.25, 0.3) is 0 Å². The summed E-state index contributed by atoms with van der Waals surface area (Å²) in [5.41, 5.74) is 7.28. The van der Waals surface area contributed by atoms with Gasteiger partial charge in [0.1, 0.15) is 12.4 Å². The molecule has 1 aromatic rings. The van der Waals surface area contributed by atoms with E-state index in [1.807, 2.05) is 18.2 Å². The molecule has 16 heavy (non-hydrogen) atoms. The van der Waals surface area contributed by atoms with E-state index < -0.39 is 0 Å². The molecule has 0 bridgehead atoms. The topological polar surface area (TPSA) is 47.3 Å². The molecule has 0 aromatic heterocycles. The molecule has 0 radical (unpaired) electrons. The minimum absolute atomic E-state index is 0.134. The number of hydrogen-bond acceptors (Lipinski definition) is 3. The van der Waals surface area contributed by atoms with Gasteiger partial charge in [0, 0.05) is 6.04 Å². The van der Waals surface area contributed by atoms with E-state index >= 15 is 0 Å². The Kier molecular flexibility index (Phi) is 3.80. The molecule has 1 aliphatic heterocycles. The van der Waals surface area contributed by atoms with Gasteiger partial charge in [0.2, 0.25) is 0 Å². The molecule has 2 atom stereocenters. The van der Waals surface area contributed by atoms with Crippen LogP contribution in [0.25, 0.3) is 0 Å². The highest BCUT2D eigenvalue weighted by atomic mass is 16.5. The van der Waals surface area contributed by atoms with Crippen molar-refractivity contribution in [3.8, 4) is 5.75 Å². The van der Waals surface area contributed by atoms with E-state index in [1.165, 1.54) is 5.56 Å². The van der Waals surface area contributed by atoms with Crippen molar-refractivity contribution < 1.29 is 4.74 Å². The summed E-state index contributed by atoms with van der Waals surface area (Å²) < 4.78 is 5.76. The number of hydrogen-bond donors (Lipinski definition) is 2. The predicted octanol–water partition coefficient (Wildman–Crippen LogP) is 1.31. The van der Waals surface area contributed by atoms with Crippen LogP contribution in [0.5, 0.6) is 5.75 Å². The van der Waals surface area contributed by atoms with E-state index in [1.54, 1.807) is 0 Å². The van der Waals surface area contributed by atoms with Gasteiger partial charge in [-0.1, -0.05) is 18.2 Å². The molecule has 1 heterocycles. The van der Waals surface area contributed by atoms with Gasteiger partial charge < -0.3 is 15.8 Å². The van der Waals surface area contributed by atoms with Gasteiger partial charge in [-0.05, 0) is 44.0 Å². The molecule has 1 saturated heterocycles.